The number of anilines is 2. The van der Waals surface area contributed by atoms with Gasteiger partial charge in [0.2, 0.25) is 0 Å². The van der Waals surface area contributed by atoms with Gasteiger partial charge in [0.1, 0.15) is 0 Å². The van der Waals surface area contributed by atoms with Gasteiger partial charge in [0.05, 0.1) is 0 Å². The lowest BCUT2D eigenvalue weighted by Crippen LogP contribution is -2.45. The van der Waals surface area contributed by atoms with Gasteiger partial charge in [0.25, 0.3) is 5.91 Å². The molecule has 0 aliphatic carbocycles. The van der Waals surface area contributed by atoms with Crippen molar-refractivity contribution in [1.82, 2.24) is 0 Å². The molecule has 4 rings (SSSR count). The summed E-state index contributed by atoms with van der Waals surface area (Å²) in [5.74, 6) is -0.248. The van der Waals surface area contributed by atoms with Crippen molar-refractivity contribution in [3.05, 3.63) is 95.6 Å². The van der Waals surface area contributed by atoms with E-state index in [0.29, 0.717) is 28.1 Å². The van der Waals surface area contributed by atoms with Gasteiger partial charge in [-0.1, -0.05) is 54.6 Å². The van der Waals surface area contributed by atoms with Crippen LogP contribution in [0.3, 0.4) is 0 Å². The number of benzene rings is 3. The molecule has 1 heterocycles. The second kappa shape index (κ2) is 5.22. The Balaban J connectivity index is 2.00. The van der Waals surface area contributed by atoms with Gasteiger partial charge < -0.3 is 10.8 Å². The molecule has 0 saturated heterocycles. The highest BCUT2D eigenvalue weighted by atomic mass is 16.3. The molecule has 118 valence electrons. The molecule has 3 aromatic rings. The number of aliphatic hydroxyl groups is 1. The van der Waals surface area contributed by atoms with Crippen molar-refractivity contribution in [1.29, 1.82) is 0 Å². The number of nitrogens with two attached hydrogens (primary N) is 1. The average molecular weight is 316 g/mol. The van der Waals surface area contributed by atoms with Crippen molar-refractivity contribution >= 4 is 17.3 Å². The van der Waals surface area contributed by atoms with E-state index in [1.54, 1.807) is 42.5 Å². The fourth-order valence-corrected chi connectivity index (χ4v) is 3.28. The van der Waals surface area contributed by atoms with E-state index >= 15 is 0 Å². The minimum atomic E-state index is -1.57. The highest BCUT2D eigenvalue weighted by Crippen LogP contribution is 2.44. The number of carbonyl (C=O) groups excluding carboxylic acids is 1. The van der Waals surface area contributed by atoms with E-state index in [4.69, 9.17) is 5.73 Å². The summed E-state index contributed by atoms with van der Waals surface area (Å²) < 4.78 is 0. The Hall–Kier alpha value is -3.11. The first kappa shape index (κ1) is 14.5. The van der Waals surface area contributed by atoms with Crippen LogP contribution < -0.4 is 10.6 Å². The number of hydrogen-bond donors (Lipinski definition) is 2. The molecular weight excluding hydrogens is 300 g/mol. The first-order valence-corrected chi connectivity index (χ1v) is 7.70. The summed E-state index contributed by atoms with van der Waals surface area (Å²) in [5, 5.41) is 11.7. The van der Waals surface area contributed by atoms with Crippen molar-refractivity contribution in [3.8, 4) is 0 Å². The van der Waals surface area contributed by atoms with E-state index in [1.165, 1.54) is 4.90 Å². The quantitative estimate of drug-likeness (QED) is 0.714. The average Bonchev–Trinajstić information content (AvgIpc) is 2.85. The number of carbonyl (C=O) groups is 1. The molecule has 0 unspecified atom stereocenters. The van der Waals surface area contributed by atoms with Gasteiger partial charge in [-0.25, -0.2) is 0 Å². The molecule has 4 heteroatoms. The number of nitrogens with zero attached hydrogens (tertiary/aromatic N) is 1. The smallest absolute Gasteiger partial charge is 0.261 e. The SMILES string of the molecule is Nc1cccc(N2C(=O)c3ccccc3[C@@]2(O)c2ccccc2)c1. The molecule has 1 aliphatic rings. The maximum absolute atomic E-state index is 13.0. The zero-order chi connectivity index (χ0) is 16.7. The van der Waals surface area contributed by atoms with Crippen molar-refractivity contribution in [2.45, 2.75) is 5.72 Å². The molecular formula is C20H16N2O2. The standard InChI is InChI=1S/C20H16N2O2/c21-15-9-6-10-16(13-15)22-19(23)17-11-4-5-12-18(17)20(22,24)14-7-2-1-3-8-14/h1-13,24H,21H2/t20-/m0/s1. The summed E-state index contributed by atoms with van der Waals surface area (Å²) in [7, 11) is 0. The van der Waals surface area contributed by atoms with Crippen LogP contribution in [0.2, 0.25) is 0 Å². The van der Waals surface area contributed by atoms with Crippen LogP contribution >= 0.6 is 0 Å². The summed E-state index contributed by atoms with van der Waals surface area (Å²) >= 11 is 0. The van der Waals surface area contributed by atoms with Gasteiger partial charge in [-0.15, -0.1) is 0 Å². The number of fused-ring (bicyclic) bond motifs is 1. The molecule has 0 fully saturated rings. The van der Waals surface area contributed by atoms with E-state index in [-0.39, 0.29) is 5.91 Å². The van der Waals surface area contributed by atoms with Gasteiger partial charge in [0, 0.05) is 28.1 Å². The van der Waals surface area contributed by atoms with E-state index in [2.05, 4.69) is 0 Å². The molecule has 3 aromatic carbocycles. The molecule has 1 amide bonds. The lowest BCUT2D eigenvalue weighted by atomic mass is 9.93. The number of hydrogen-bond acceptors (Lipinski definition) is 3. The first-order valence-electron chi connectivity index (χ1n) is 7.70. The molecule has 0 spiro atoms. The number of nitrogen functional groups attached to an aromatic ring is 1. The number of amides is 1. The van der Waals surface area contributed by atoms with Crippen LogP contribution in [0.5, 0.6) is 0 Å². The third kappa shape index (κ3) is 1.94. The predicted octanol–water partition coefficient (Wildman–Crippen LogP) is 3.12. The zero-order valence-electron chi connectivity index (χ0n) is 12.9. The molecule has 1 aliphatic heterocycles. The van der Waals surface area contributed by atoms with Gasteiger partial charge in [0.15, 0.2) is 5.72 Å². The molecule has 4 nitrogen and oxygen atoms in total. The normalized spacial score (nSPS) is 19.4. The van der Waals surface area contributed by atoms with Crippen LogP contribution in [0.15, 0.2) is 78.9 Å². The molecule has 0 saturated carbocycles. The Bertz CT molecular complexity index is 924. The van der Waals surface area contributed by atoms with Crippen LogP contribution in [-0.4, -0.2) is 11.0 Å². The lowest BCUT2D eigenvalue weighted by molar-refractivity contribution is 0.0703. The van der Waals surface area contributed by atoms with Crippen LogP contribution in [0.25, 0.3) is 0 Å². The summed E-state index contributed by atoms with van der Waals surface area (Å²) in [6.45, 7) is 0. The monoisotopic (exact) mass is 316 g/mol. The van der Waals surface area contributed by atoms with E-state index in [1.807, 2.05) is 36.4 Å². The van der Waals surface area contributed by atoms with E-state index < -0.39 is 5.72 Å². The second-order valence-corrected chi connectivity index (χ2v) is 5.82. The third-order valence-corrected chi connectivity index (χ3v) is 4.36. The van der Waals surface area contributed by atoms with Crippen molar-refractivity contribution in [2.75, 3.05) is 10.6 Å². The maximum Gasteiger partial charge on any atom is 0.261 e. The Morgan fingerprint density at radius 3 is 2.33 bits per heavy atom. The van der Waals surface area contributed by atoms with E-state index in [9.17, 15) is 9.90 Å². The Morgan fingerprint density at radius 2 is 1.58 bits per heavy atom. The number of rotatable bonds is 2. The summed E-state index contributed by atoms with van der Waals surface area (Å²) in [6.07, 6.45) is 0. The molecule has 1 atom stereocenters. The Kier molecular flexibility index (Phi) is 3.15. The van der Waals surface area contributed by atoms with Crippen molar-refractivity contribution in [2.24, 2.45) is 0 Å². The molecule has 0 bridgehead atoms. The second-order valence-electron chi connectivity index (χ2n) is 5.82. The summed E-state index contributed by atoms with van der Waals surface area (Å²) in [4.78, 5) is 14.4. The highest BCUT2D eigenvalue weighted by Gasteiger charge is 2.50. The van der Waals surface area contributed by atoms with Crippen molar-refractivity contribution < 1.29 is 9.90 Å². The topological polar surface area (TPSA) is 66.6 Å². The highest BCUT2D eigenvalue weighted by molar-refractivity contribution is 6.12. The minimum absolute atomic E-state index is 0.248. The molecule has 3 N–H and O–H groups in total. The van der Waals surface area contributed by atoms with Crippen molar-refractivity contribution in [3.63, 3.8) is 0 Å². The van der Waals surface area contributed by atoms with Gasteiger partial charge >= 0.3 is 0 Å². The third-order valence-electron chi connectivity index (χ3n) is 4.36. The lowest BCUT2D eigenvalue weighted by Gasteiger charge is -2.35. The van der Waals surface area contributed by atoms with Crippen LogP contribution in [0, 0.1) is 0 Å². The van der Waals surface area contributed by atoms with Gasteiger partial charge in [-0.3, -0.25) is 9.69 Å². The first-order chi connectivity index (χ1) is 11.6. The predicted molar refractivity (Wildman–Crippen MR) is 93.5 cm³/mol. The molecule has 0 aromatic heterocycles. The summed E-state index contributed by atoms with van der Waals surface area (Å²) in [6, 6.07) is 23.3. The van der Waals surface area contributed by atoms with E-state index in [0.717, 1.165) is 0 Å². The van der Waals surface area contributed by atoms with Gasteiger partial charge in [-0.05, 0) is 24.3 Å². The Morgan fingerprint density at radius 1 is 0.875 bits per heavy atom. The van der Waals surface area contributed by atoms with Crippen LogP contribution in [0.4, 0.5) is 11.4 Å². The minimum Gasteiger partial charge on any atom is -0.399 e. The molecule has 0 radical (unpaired) electrons. The zero-order valence-corrected chi connectivity index (χ0v) is 12.9. The van der Waals surface area contributed by atoms with Gasteiger partial charge in [-0.2, -0.15) is 0 Å². The van der Waals surface area contributed by atoms with Crippen LogP contribution in [0.1, 0.15) is 21.5 Å². The fraction of sp³-hybridized carbons (Fsp3) is 0.0500. The maximum atomic E-state index is 13.0. The Labute approximate surface area is 139 Å². The largest absolute Gasteiger partial charge is 0.399 e. The fourth-order valence-electron chi connectivity index (χ4n) is 3.28. The summed E-state index contributed by atoms with van der Waals surface area (Å²) in [5.41, 5.74) is 7.10. The van der Waals surface area contributed by atoms with Crippen LogP contribution in [-0.2, 0) is 5.72 Å². The molecule has 24 heavy (non-hydrogen) atoms.